The molecule has 0 bridgehead atoms. The molecule has 0 unspecified atom stereocenters. The van der Waals surface area contributed by atoms with Gasteiger partial charge in [0.1, 0.15) is 11.5 Å². The minimum absolute atomic E-state index is 0.0312. The molecule has 0 aliphatic rings. The van der Waals surface area contributed by atoms with Crippen molar-refractivity contribution in [2.75, 3.05) is 5.73 Å². The largest absolute Gasteiger partial charge is 0.455 e. The Labute approximate surface area is 130 Å². The number of nitrogens with zero attached hydrogens (tertiary/aromatic N) is 5. The fourth-order valence-corrected chi connectivity index (χ4v) is 2.29. The van der Waals surface area contributed by atoms with Crippen LogP contribution in [0.5, 0.6) is 0 Å². The summed E-state index contributed by atoms with van der Waals surface area (Å²) in [5.41, 5.74) is 6.17. The number of hydrogen-bond acceptors (Lipinski definition) is 8. The molecule has 11 heteroatoms. The van der Waals surface area contributed by atoms with Gasteiger partial charge in [0.25, 0.3) is 5.95 Å². The molecule has 0 spiro atoms. The first-order valence-corrected chi connectivity index (χ1v) is 7.79. The Balaban J connectivity index is 1.82. The van der Waals surface area contributed by atoms with Gasteiger partial charge in [-0.2, -0.15) is 5.10 Å². The first-order chi connectivity index (χ1) is 10.9. The van der Waals surface area contributed by atoms with E-state index in [1.165, 1.54) is 18.3 Å². The average Bonchev–Trinajstić information content (AvgIpc) is 3.13. The van der Waals surface area contributed by atoms with Crippen molar-refractivity contribution in [3.05, 3.63) is 42.2 Å². The standard InChI is InChI=1S/C12H11N7O3S/c13-12-16-17-18-19(12)15-7-9-3-6-11(22-9)8-1-4-10(5-2-8)23(14,20)21/h1-7H,(H2,13,16,18)(H2,14,20,21). The summed E-state index contributed by atoms with van der Waals surface area (Å²) >= 11 is 0. The molecule has 0 radical (unpaired) electrons. The van der Waals surface area contributed by atoms with Gasteiger partial charge in [-0.3, -0.25) is 0 Å². The fourth-order valence-electron chi connectivity index (χ4n) is 1.77. The molecule has 0 fully saturated rings. The van der Waals surface area contributed by atoms with Crippen LogP contribution in [0.1, 0.15) is 5.76 Å². The first kappa shape index (κ1) is 14.9. The maximum atomic E-state index is 11.2. The first-order valence-electron chi connectivity index (χ1n) is 6.25. The number of tetrazole rings is 1. The highest BCUT2D eigenvalue weighted by molar-refractivity contribution is 7.89. The molecule has 0 atom stereocenters. The predicted molar refractivity (Wildman–Crippen MR) is 80.7 cm³/mol. The van der Waals surface area contributed by atoms with E-state index in [0.29, 0.717) is 17.1 Å². The Kier molecular flexibility index (Phi) is 3.64. The third-order valence-electron chi connectivity index (χ3n) is 2.87. The molecule has 10 nitrogen and oxygen atoms in total. The topological polar surface area (TPSA) is 155 Å². The van der Waals surface area contributed by atoms with E-state index in [2.05, 4.69) is 20.6 Å². The Morgan fingerprint density at radius 1 is 1.17 bits per heavy atom. The van der Waals surface area contributed by atoms with Gasteiger partial charge in [0.2, 0.25) is 10.0 Å². The second-order valence-corrected chi connectivity index (χ2v) is 6.00. The molecule has 3 rings (SSSR count). The lowest BCUT2D eigenvalue weighted by molar-refractivity contribution is 0.572. The highest BCUT2D eigenvalue weighted by Crippen LogP contribution is 2.22. The number of nitrogens with two attached hydrogens (primary N) is 2. The van der Waals surface area contributed by atoms with E-state index in [1.807, 2.05) is 0 Å². The summed E-state index contributed by atoms with van der Waals surface area (Å²) < 4.78 is 28.0. The zero-order valence-electron chi connectivity index (χ0n) is 11.6. The maximum absolute atomic E-state index is 11.2. The van der Waals surface area contributed by atoms with Crippen molar-refractivity contribution in [2.45, 2.75) is 4.90 Å². The van der Waals surface area contributed by atoms with Crippen LogP contribution in [0.25, 0.3) is 11.3 Å². The van der Waals surface area contributed by atoms with E-state index < -0.39 is 10.0 Å². The van der Waals surface area contributed by atoms with Crippen molar-refractivity contribution in [3.8, 4) is 11.3 Å². The lowest BCUT2D eigenvalue weighted by atomic mass is 10.2. The number of sulfonamides is 1. The molecule has 1 aromatic carbocycles. The molecule has 118 valence electrons. The fraction of sp³-hybridized carbons (Fsp3) is 0. The number of aromatic nitrogens is 4. The maximum Gasteiger partial charge on any atom is 0.263 e. The van der Waals surface area contributed by atoms with Crippen LogP contribution >= 0.6 is 0 Å². The van der Waals surface area contributed by atoms with E-state index in [4.69, 9.17) is 15.3 Å². The Morgan fingerprint density at radius 3 is 2.52 bits per heavy atom. The van der Waals surface area contributed by atoms with Crippen molar-refractivity contribution in [3.63, 3.8) is 0 Å². The summed E-state index contributed by atoms with van der Waals surface area (Å²) in [5, 5.41) is 19.4. The van der Waals surface area contributed by atoms with Gasteiger partial charge in [-0.05, 0) is 46.8 Å². The predicted octanol–water partition coefficient (Wildman–Crippen LogP) is 0.0449. The second kappa shape index (κ2) is 5.62. The molecule has 4 N–H and O–H groups in total. The quantitative estimate of drug-likeness (QED) is 0.639. The van der Waals surface area contributed by atoms with Crippen LogP contribution in [-0.4, -0.2) is 34.9 Å². The third kappa shape index (κ3) is 3.25. The summed E-state index contributed by atoms with van der Waals surface area (Å²) in [6.45, 7) is 0. The van der Waals surface area contributed by atoms with Gasteiger partial charge in [-0.1, -0.05) is 9.89 Å². The van der Waals surface area contributed by atoms with Crippen molar-refractivity contribution in [1.82, 2.24) is 20.3 Å². The van der Waals surface area contributed by atoms with Gasteiger partial charge in [0.15, 0.2) is 0 Å². The Morgan fingerprint density at radius 2 is 1.91 bits per heavy atom. The molecule has 0 amide bonds. The number of benzene rings is 1. The molecular formula is C12H11N7O3S. The van der Waals surface area contributed by atoms with E-state index >= 15 is 0 Å². The Bertz CT molecular complexity index is 957. The van der Waals surface area contributed by atoms with E-state index in [-0.39, 0.29) is 10.8 Å². The van der Waals surface area contributed by atoms with E-state index in [9.17, 15) is 8.42 Å². The van der Waals surface area contributed by atoms with Gasteiger partial charge >= 0.3 is 0 Å². The minimum atomic E-state index is -3.72. The Hall–Kier alpha value is -3.05. The highest BCUT2D eigenvalue weighted by atomic mass is 32.2. The zero-order valence-corrected chi connectivity index (χ0v) is 12.4. The lowest BCUT2D eigenvalue weighted by Gasteiger charge is -2.00. The van der Waals surface area contributed by atoms with Crippen LogP contribution in [0.15, 0.2) is 50.8 Å². The normalized spacial score (nSPS) is 12.0. The zero-order chi connectivity index (χ0) is 16.4. The van der Waals surface area contributed by atoms with Crippen LogP contribution in [-0.2, 0) is 10.0 Å². The van der Waals surface area contributed by atoms with Crippen molar-refractivity contribution in [1.29, 1.82) is 0 Å². The second-order valence-electron chi connectivity index (χ2n) is 4.44. The summed E-state index contributed by atoms with van der Waals surface area (Å²) in [4.78, 5) is 1.08. The number of nitrogen functional groups attached to an aromatic ring is 1. The average molecular weight is 333 g/mol. The van der Waals surface area contributed by atoms with Crippen LogP contribution in [0.4, 0.5) is 5.95 Å². The van der Waals surface area contributed by atoms with Gasteiger partial charge in [-0.15, -0.1) is 0 Å². The van der Waals surface area contributed by atoms with Gasteiger partial charge < -0.3 is 10.2 Å². The molecule has 0 saturated heterocycles. The van der Waals surface area contributed by atoms with Crippen molar-refractivity contribution in [2.24, 2.45) is 10.2 Å². The number of anilines is 1. The monoisotopic (exact) mass is 333 g/mol. The third-order valence-corrected chi connectivity index (χ3v) is 3.79. The summed E-state index contributed by atoms with van der Waals surface area (Å²) in [5.74, 6) is 1.04. The molecule has 0 saturated carbocycles. The highest BCUT2D eigenvalue weighted by Gasteiger charge is 2.09. The summed E-state index contributed by atoms with van der Waals surface area (Å²) in [6.07, 6.45) is 1.40. The van der Waals surface area contributed by atoms with Gasteiger partial charge in [0.05, 0.1) is 11.1 Å². The number of furan rings is 1. The van der Waals surface area contributed by atoms with Crippen molar-refractivity contribution >= 4 is 22.2 Å². The molecule has 0 aliphatic heterocycles. The number of hydrogen-bond donors (Lipinski definition) is 2. The summed E-state index contributed by atoms with van der Waals surface area (Å²) in [6, 6.07) is 9.41. The van der Waals surface area contributed by atoms with Gasteiger partial charge in [0, 0.05) is 5.56 Å². The molecule has 0 aliphatic carbocycles. The molecule has 2 aromatic heterocycles. The number of rotatable bonds is 4. The number of primary sulfonamides is 1. The van der Waals surface area contributed by atoms with Crippen molar-refractivity contribution < 1.29 is 12.8 Å². The molecule has 23 heavy (non-hydrogen) atoms. The molecule has 3 aromatic rings. The molecular weight excluding hydrogens is 322 g/mol. The smallest absolute Gasteiger partial charge is 0.263 e. The van der Waals surface area contributed by atoms with Crippen LogP contribution in [0.2, 0.25) is 0 Å². The summed E-state index contributed by atoms with van der Waals surface area (Å²) in [7, 11) is -3.72. The SMILES string of the molecule is Nc1nnnn1N=Cc1ccc(-c2ccc(S(N)(=O)=O)cc2)o1. The lowest BCUT2D eigenvalue weighted by Crippen LogP contribution is -2.11. The van der Waals surface area contributed by atoms with Gasteiger partial charge in [-0.25, -0.2) is 13.6 Å². The van der Waals surface area contributed by atoms with Crippen LogP contribution < -0.4 is 10.9 Å². The van der Waals surface area contributed by atoms with Crippen LogP contribution in [0, 0.1) is 0 Å². The van der Waals surface area contributed by atoms with E-state index in [1.54, 1.807) is 24.3 Å². The minimum Gasteiger partial charge on any atom is -0.455 e. The van der Waals surface area contributed by atoms with Crippen LogP contribution in [0.3, 0.4) is 0 Å². The molecule has 2 heterocycles. The van der Waals surface area contributed by atoms with E-state index in [0.717, 1.165) is 4.79 Å².